The highest BCUT2D eigenvalue weighted by molar-refractivity contribution is 7.80. The van der Waals surface area contributed by atoms with Crippen LogP contribution in [0.2, 0.25) is 0 Å². The fraction of sp³-hybridized carbons (Fsp3) is 0.800. The highest BCUT2D eigenvalue weighted by Gasteiger charge is 2.61. The summed E-state index contributed by atoms with van der Waals surface area (Å²) in [5, 5.41) is 0. The number of carbonyl (C=O) groups excluding carboxylic acids is 5. The van der Waals surface area contributed by atoms with Gasteiger partial charge in [-0.15, -0.1) is 0 Å². The van der Waals surface area contributed by atoms with Gasteiger partial charge in [-0.1, -0.05) is 0 Å². The van der Waals surface area contributed by atoms with Crippen LogP contribution in [-0.4, -0.2) is 104 Å². The highest BCUT2D eigenvalue weighted by atomic mass is 32.1. The number of hydrogen-bond donors (Lipinski definition) is 5. The minimum absolute atomic E-state index is 0.0626. The molecular weight excluding hydrogens is 637 g/mol. The smallest absolute Gasteiger partial charge is 0.336 e. The molecule has 0 aromatic heterocycles. The van der Waals surface area contributed by atoms with E-state index in [4.69, 9.17) is 28.4 Å². The SMILES string of the molecule is O=C(OCCCS)C1OC(C(=O)OCCCS)C(C(=O)OCCCS)C(C(=O)OCCCS)C1C(=O)OCCCS. The van der Waals surface area contributed by atoms with Gasteiger partial charge in [-0.3, -0.25) is 14.4 Å². The van der Waals surface area contributed by atoms with E-state index in [1.807, 2.05) is 0 Å². The van der Waals surface area contributed by atoms with Crippen molar-refractivity contribution in [2.24, 2.45) is 17.8 Å². The standard InChI is InChI=1S/C25H40O11S5/c26-21(31-6-1-11-37)16-17(22(27)32-7-2-12-38)19(24(29)34-9-4-14-40)36-20(25(30)35-10-5-15-41)18(16)23(28)33-8-3-13-39/h16-20,37-41H,1-15H2. The minimum atomic E-state index is -1.79. The number of thiol groups is 5. The fourth-order valence-electron chi connectivity index (χ4n) is 3.80. The van der Waals surface area contributed by atoms with Crippen LogP contribution < -0.4 is 0 Å². The van der Waals surface area contributed by atoms with Crippen molar-refractivity contribution in [2.75, 3.05) is 61.8 Å². The molecule has 4 atom stereocenters. The number of hydrogen-bond acceptors (Lipinski definition) is 16. The molecule has 41 heavy (non-hydrogen) atoms. The first-order valence-corrected chi connectivity index (χ1v) is 16.5. The van der Waals surface area contributed by atoms with Gasteiger partial charge in [-0.25, -0.2) is 9.59 Å². The zero-order valence-electron chi connectivity index (χ0n) is 22.7. The van der Waals surface area contributed by atoms with E-state index in [9.17, 15) is 24.0 Å². The van der Waals surface area contributed by atoms with Crippen molar-refractivity contribution in [3.8, 4) is 0 Å². The molecule has 1 aliphatic heterocycles. The minimum Gasteiger partial charge on any atom is -0.465 e. The number of carbonyl (C=O) groups is 5. The molecule has 4 unspecified atom stereocenters. The third kappa shape index (κ3) is 13.1. The Balaban J connectivity index is 3.63. The van der Waals surface area contributed by atoms with Crippen LogP contribution in [0.1, 0.15) is 32.1 Å². The molecule has 1 saturated heterocycles. The summed E-state index contributed by atoms with van der Waals surface area (Å²) < 4.78 is 32.4. The third-order valence-electron chi connectivity index (χ3n) is 5.73. The first-order chi connectivity index (χ1) is 19.8. The number of esters is 5. The summed E-state index contributed by atoms with van der Waals surface area (Å²) >= 11 is 20.5. The Morgan fingerprint density at radius 3 is 0.927 bits per heavy atom. The van der Waals surface area contributed by atoms with Crippen LogP contribution in [0.25, 0.3) is 0 Å². The van der Waals surface area contributed by atoms with E-state index >= 15 is 0 Å². The molecule has 1 aliphatic rings. The molecule has 0 amide bonds. The normalized spacial score (nSPS) is 21.9. The first kappa shape index (κ1) is 38.1. The van der Waals surface area contributed by atoms with Crippen LogP contribution in [0.5, 0.6) is 0 Å². The third-order valence-corrected chi connectivity index (χ3v) is 7.32. The molecule has 236 valence electrons. The van der Waals surface area contributed by atoms with Crippen molar-refractivity contribution < 1.29 is 52.4 Å². The average molecular weight is 677 g/mol. The summed E-state index contributed by atoms with van der Waals surface area (Å²) in [6.45, 7) is -0.363. The predicted molar refractivity (Wildman–Crippen MR) is 166 cm³/mol. The Bertz CT molecular complexity index is 778. The van der Waals surface area contributed by atoms with E-state index < -0.39 is 59.8 Å². The summed E-state index contributed by atoms with van der Waals surface area (Å²) in [7, 11) is 0. The van der Waals surface area contributed by atoms with Crippen LogP contribution in [0.3, 0.4) is 0 Å². The molecule has 0 spiro atoms. The van der Waals surface area contributed by atoms with E-state index in [1.165, 1.54) is 0 Å². The molecule has 0 aromatic rings. The fourth-order valence-corrected chi connectivity index (χ4v) is 4.45. The van der Waals surface area contributed by atoms with Gasteiger partial charge in [0.25, 0.3) is 0 Å². The van der Waals surface area contributed by atoms with Crippen molar-refractivity contribution >= 4 is 93.0 Å². The van der Waals surface area contributed by atoms with Gasteiger partial charge in [0.1, 0.15) is 11.8 Å². The molecule has 1 fully saturated rings. The van der Waals surface area contributed by atoms with Gasteiger partial charge in [0.05, 0.1) is 39.0 Å². The van der Waals surface area contributed by atoms with Crippen molar-refractivity contribution in [3.05, 3.63) is 0 Å². The van der Waals surface area contributed by atoms with E-state index in [2.05, 4.69) is 63.1 Å². The molecule has 0 N–H and O–H groups in total. The number of ether oxygens (including phenoxy) is 6. The van der Waals surface area contributed by atoms with Crippen LogP contribution >= 0.6 is 63.1 Å². The summed E-state index contributed by atoms with van der Waals surface area (Å²) in [6, 6.07) is 0. The predicted octanol–water partition coefficient (Wildman–Crippen LogP) is 1.92. The molecule has 0 aromatic carbocycles. The quantitative estimate of drug-likeness (QED) is 0.0559. The molecule has 16 heteroatoms. The summed E-state index contributed by atoms with van der Waals surface area (Å²) in [4.78, 5) is 66.8. The molecule has 11 nitrogen and oxygen atoms in total. The second-order valence-electron chi connectivity index (χ2n) is 8.78. The molecule has 0 bridgehead atoms. The second kappa shape index (κ2) is 22.6. The van der Waals surface area contributed by atoms with Crippen LogP contribution in [0.15, 0.2) is 0 Å². The first-order valence-electron chi connectivity index (χ1n) is 13.3. The molecule has 0 saturated carbocycles. The van der Waals surface area contributed by atoms with Crippen LogP contribution in [0.4, 0.5) is 0 Å². The highest BCUT2D eigenvalue weighted by Crippen LogP contribution is 2.40. The second-order valence-corrected chi connectivity index (χ2v) is 11.0. The van der Waals surface area contributed by atoms with Crippen LogP contribution in [-0.2, 0) is 52.4 Å². The van der Waals surface area contributed by atoms with Gasteiger partial charge in [0.2, 0.25) is 0 Å². The van der Waals surface area contributed by atoms with E-state index in [1.54, 1.807) is 0 Å². The van der Waals surface area contributed by atoms with Gasteiger partial charge in [0.15, 0.2) is 12.2 Å². The van der Waals surface area contributed by atoms with Gasteiger partial charge in [-0.05, 0) is 60.9 Å². The zero-order chi connectivity index (χ0) is 30.6. The lowest BCUT2D eigenvalue weighted by Crippen LogP contribution is -2.61. The van der Waals surface area contributed by atoms with Gasteiger partial charge < -0.3 is 28.4 Å². The monoisotopic (exact) mass is 676 g/mol. The molecular formula is C25H40O11S5. The summed E-state index contributed by atoms with van der Waals surface area (Å²) in [5.74, 6) is -8.12. The Labute approximate surface area is 268 Å². The summed E-state index contributed by atoms with van der Waals surface area (Å²) in [6.07, 6.45) is -1.66. The lowest BCUT2D eigenvalue weighted by Gasteiger charge is -2.41. The van der Waals surface area contributed by atoms with Crippen molar-refractivity contribution in [1.29, 1.82) is 0 Å². The van der Waals surface area contributed by atoms with Gasteiger partial charge >= 0.3 is 29.8 Å². The van der Waals surface area contributed by atoms with E-state index in [0.29, 0.717) is 60.9 Å². The summed E-state index contributed by atoms with van der Waals surface area (Å²) in [5.41, 5.74) is 0. The zero-order valence-corrected chi connectivity index (χ0v) is 27.2. The van der Waals surface area contributed by atoms with Crippen molar-refractivity contribution in [3.63, 3.8) is 0 Å². The molecule has 0 radical (unpaired) electrons. The Morgan fingerprint density at radius 2 is 0.659 bits per heavy atom. The van der Waals surface area contributed by atoms with Gasteiger partial charge in [-0.2, -0.15) is 63.1 Å². The number of rotatable bonds is 20. The van der Waals surface area contributed by atoms with Crippen LogP contribution in [0, 0.1) is 17.8 Å². The topological polar surface area (TPSA) is 141 Å². The molecule has 1 heterocycles. The lowest BCUT2D eigenvalue weighted by molar-refractivity contribution is -0.217. The molecule has 0 aliphatic carbocycles. The lowest BCUT2D eigenvalue weighted by atomic mass is 9.73. The van der Waals surface area contributed by atoms with Crippen molar-refractivity contribution in [2.45, 2.75) is 44.3 Å². The van der Waals surface area contributed by atoms with E-state index in [0.717, 1.165) is 0 Å². The maximum atomic E-state index is 13.6. The maximum Gasteiger partial charge on any atom is 0.336 e. The van der Waals surface area contributed by atoms with Crippen molar-refractivity contribution in [1.82, 2.24) is 0 Å². The Hall–Kier alpha value is -0.940. The average Bonchev–Trinajstić information content (AvgIpc) is 2.96. The maximum absolute atomic E-state index is 13.6. The van der Waals surface area contributed by atoms with Gasteiger partial charge in [0, 0.05) is 0 Å². The molecule has 1 rings (SSSR count). The Morgan fingerprint density at radius 1 is 0.415 bits per heavy atom. The Kier molecular flexibility index (Phi) is 21.0. The van der Waals surface area contributed by atoms with E-state index in [-0.39, 0.29) is 33.0 Å². The largest absolute Gasteiger partial charge is 0.465 e.